The summed E-state index contributed by atoms with van der Waals surface area (Å²) in [6.07, 6.45) is -4.18. The Hall–Kier alpha value is -3.42. The van der Waals surface area contributed by atoms with Gasteiger partial charge in [-0.1, -0.05) is 28.8 Å². The van der Waals surface area contributed by atoms with Crippen molar-refractivity contribution in [2.75, 3.05) is 35.2 Å². The predicted molar refractivity (Wildman–Crippen MR) is 150 cm³/mol. The summed E-state index contributed by atoms with van der Waals surface area (Å²) in [5, 5.41) is 20.4. The van der Waals surface area contributed by atoms with Crippen LogP contribution in [0.2, 0.25) is 5.02 Å². The van der Waals surface area contributed by atoms with E-state index in [4.69, 9.17) is 16.0 Å². The van der Waals surface area contributed by atoms with Crippen molar-refractivity contribution < 1.29 is 32.6 Å². The minimum absolute atomic E-state index is 0.0467. The zero-order valence-corrected chi connectivity index (χ0v) is 23.8. The van der Waals surface area contributed by atoms with Gasteiger partial charge in [0.2, 0.25) is 11.8 Å². The first-order valence-electron chi connectivity index (χ1n) is 12.8. The highest BCUT2D eigenvalue weighted by molar-refractivity contribution is 7.99. The number of alkyl halides is 2. The molecule has 10 nitrogen and oxygen atoms in total. The number of carboxylic acid groups (broad SMARTS) is 1. The van der Waals surface area contributed by atoms with Gasteiger partial charge in [-0.05, 0) is 56.2 Å². The molecule has 3 heterocycles. The number of morpholine rings is 1. The molecule has 41 heavy (non-hydrogen) atoms. The van der Waals surface area contributed by atoms with E-state index in [1.807, 2.05) is 18.2 Å². The van der Waals surface area contributed by atoms with Crippen LogP contribution in [0.1, 0.15) is 25.8 Å². The van der Waals surface area contributed by atoms with Crippen LogP contribution in [0.25, 0.3) is 11.5 Å². The number of halogens is 3. The number of carbonyl (C=O) groups is 2. The molecule has 0 bridgehead atoms. The lowest BCUT2D eigenvalue weighted by molar-refractivity contribution is -0.240. The molecule has 218 valence electrons. The van der Waals surface area contributed by atoms with E-state index in [2.05, 4.69) is 20.3 Å². The summed E-state index contributed by atoms with van der Waals surface area (Å²) in [5.41, 5.74) is 1.15. The van der Waals surface area contributed by atoms with E-state index < -0.39 is 30.2 Å². The van der Waals surface area contributed by atoms with Crippen LogP contribution >= 0.6 is 23.4 Å². The Morgan fingerprint density at radius 3 is 2.71 bits per heavy atom. The Balaban J connectivity index is 1.47. The average molecular weight is 608 g/mol. The minimum Gasteiger partial charge on any atom is -0.465 e. The SMILES string of the molecule is CC(C)(C[C@H]1CSc2ccc(-c3nnc(N4CCOC(F)(F)C4)o3)cc2N(Cc2ccc(Cl)cc2)C1=O)NC(=O)O. The van der Waals surface area contributed by atoms with Crippen LogP contribution in [0, 0.1) is 5.92 Å². The van der Waals surface area contributed by atoms with Gasteiger partial charge in [-0.3, -0.25) is 4.79 Å². The van der Waals surface area contributed by atoms with Crippen LogP contribution in [0.15, 0.2) is 51.8 Å². The first kappa shape index (κ1) is 29.1. The van der Waals surface area contributed by atoms with Gasteiger partial charge in [-0.15, -0.1) is 16.9 Å². The van der Waals surface area contributed by atoms with Gasteiger partial charge in [0.25, 0.3) is 0 Å². The number of benzene rings is 2. The Kier molecular flexibility index (Phi) is 8.13. The Bertz CT molecular complexity index is 1440. The first-order valence-corrected chi connectivity index (χ1v) is 14.2. The van der Waals surface area contributed by atoms with Crippen molar-refractivity contribution in [3.63, 3.8) is 0 Å². The molecule has 2 aliphatic heterocycles. The zero-order valence-electron chi connectivity index (χ0n) is 22.3. The molecule has 5 rings (SSSR count). The normalized spacial score (nSPS) is 19.0. The van der Waals surface area contributed by atoms with Crippen LogP contribution in [-0.4, -0.2) is 64.4 Å². The number of nitrogens with one attached hydrogen (secondary N) is 1. The lowest BCUT2D eigenvalue weighted by atomic mass is 9.90. The molecule has 2 N–H and O–H groups in total. The molecule has 14 heteroatoms. The monoisotopic (exact) mass is 607 g/mol. The Morgan fingerprint density at radius 2 is 2.00 bits per heavy atom. The molecule has 2 aromatic carbocycles. The second-order valence-electron chi connectivity index (χ2n) is 10.6. The number of fused-ring (bicyclic) bond motifs is 1. The third kappa shape index (κ3) is 6.91. The van der Waals surface area contributed by atoms with Crippen LogP contribution in [0.5, 0.6) is 0 Å². The van der Waals surface area contributed by atoms with E-state index in [0.717, 1.165) is 10.5 Å². The Morgan fingerprint density at radius 1 is 1.24 bits per heavy atom. The van der Waals surface area contributed by atoms with Crippen molar-refractivity contribution >= 4 is 47.1 Å². The molecule has 1 fully saturated rings. The molecule has 0 saturated carbocycles. The molecule has 1 saturated heterocycles. The molecule has 2 amide bonds. The van der Waals surface area contributed by atoms with E-state index in [9.17, 15) is 23.5 Å². The number of anilines is 2. The summed E-state index contributed by atoms with van der Waals surface area (Å²) in [6.45, 7) is 3.03. The fourth-order valence-electron chi connectivity index (χ4n) is 4.90. The van der Waals surface area contributed by atoms with Crippen LogP contribution in [0.3, 0.4) is 0 Å². The fourth-order valence-corrected chi connectivity index (χ4v) is 6.15. The largest absolute Gasteiger partial charge is 0.465 e. The standard InChI is InChI=1S/C27H28ClF2N5O5S/c1-26(2,31-25(37)38)12-18-14-41-21-8-5-17(22-32-33-24(40-22)34-9-10-39-27(29,30)15-34)11-20(21)35(23(18)36)13-16-3-6-19(28)7-4-16/h3-8,11,18,31H,9-10,12-15H2,1-2H3,(H,37,38)/t18-/m0/s1. The fraction of sp³-hybridized carbons (Fsp3) is 0.407. The number of thioether (sulfide) groups is 1. The second-order valence-corrected chi connectivity index (χ2v) is 12.1. The number of ether oxygens (including phenoxy) is 1. The summed E-state index contributed by atoms with van der Waals surface area (Å²) in [5.74, 6) is -0.0781. The summed E-state index contributed by atoms with van der Waals surface area (Å²) >= 11 is 7.57. The van der Waals surface area contributed by atoms with Crippen molar-refractivity contribution in [2.45, 2.75) is 43.4 Å². The molecule has 0 spiro atoms. The summed E-state index contributed by atoms with van der Waals surface area (Å²) in [4.78, 5) is 29.2. The quantitative estimate of drug-likeness (QED) is 0.358. The van der Waals surface area contributed by atoms with Crippen LogP contribution < -0.4 is 15.1 Å². The van der Waals surface area contributed by atoms with Gasteiger partial charge < -0.3 is 29.4 Å². The number of carbonyl (C=O) groups excluding carboxylic acids is 1. The average Bonchev–Trinajstić information content (AvgIpc) is 3.35. The lowest BCUT2D eigenvalue weighted by Crippen LogP contribution is -2.47. The van der Waals surface area contributed by atoms with E-state index in [1.54, 1.807) is 43.0 Å². The molecular formula is C27H28ClF2N5O5S. The van der Waals surface area contributed by atoms with E-state index in [0.29, 0.717) is 28.4 Å². The summed E-state index contributed by atoms with van der Waals surface area (Å²) in [7, 11) is 0. The highest BCUT2D eigenvalue weighted by Gasteiger charge is 2.39. The van der Waals surface area contributed by atoms with Gasteiger partial charge in [0.05, 0.1) is 24.8 Å². The van der Waals surface area contributed by atoms with E-state index in [-0.39, 0.29) is 37.5 Å². The molecule has 0 unspecified atom stereocenters. The molecule has 2 aliphatic rings. The third-order valence-electron chi connectivity index (χ3n) is 6.74. The summed E-state index contributed by atoms with van der Waals surface area (Å²) in [6, 6.07) is 12.5. The van der Waals surface area contributed by atoms with Crippen molar-refractivity contribution in [3.8, 4) is 11.5 Å². The molecule has 0 radical (unpaired) electrons. The van der Waals surface area contributed by atoms with Gasteiger partial charge in [0.1, 0.15) is 6.54 Å². The van der Waals surface area contributed by atoms with Gasteiger partial charge in [0, 0.05) is 33.3 Å². The number of amides is 2. The van der Waals surface area contributed by atoms with Gasteiger partial charge in [-0.25, -0.2) is 4.79 Å². The van der Waals surface area contributed by atoms with E-state index >= 15 is 0 Å². The van der Waals surface area contributed by atoms with Gasteiger partial charge in [0.15, 0.2) is 0 Å². The summed E-state index contributed by atoms with van der Waals surface area (Å²) < 4.78 is 37.7. The number of hydrogen-bond acceptors (Lipinski definition) is 8. The topological polar surface area (TPSA) is 121 Å². The smallest absolute Gasteiger partial charge is 0.405 e. The van der Waals surface area contributed by atoms with Crippen LogP contribution in [0.4, 0.5) is 25.3 Å². The van der Waals surface area contributed by atoms with Crippen molar-refractivity contribution in [1.29, 1.82) is 0 Å². The van der Waals surface area contributed by atoms with Crippen molar-refractivity contribution in [3.05, 3.63) is 53.1 Å². The first-order chi connectivity index (χ1) is 19.4. The maximum atomic E-state index is 14.0. The third-order valence-corrected chi connectivity index (χ3v) is 8.22. The highest BCUT2D eigenvalue weighted by atomic mass is 35.5. The van der Waals surface area contributed by atoms with Crippen molar-refractivity contribution in [1.82, 2.24) is 15.5 Å². The molecule has 1 atom stereocenters. The molecule has 3 aromatic rings. The highest BCUT2D eigenvalue weighted by Crippen LogP contribution is 2.41. The zero-order chi connectivity index (χ0) is 29.4. The Labute approximate surface area is 244 Å². The maximum Gasteiger partial charge on any atom is 0.405 e. The van der Waals surface area contributed by atoms with Crippen molar-refractivity contribution in [2.24, 2.45) is 5.92 Å². The van der Waals surface area contributed by atoms with Gasteiger partial charge >= 0.3 is 18.2 Å². The predicted octanol–water partition coefficient (Wildman–Crippen LogP) is 5.51. The number of rotatable bonds is 7. The maximum absolute atomic E-state index is 14.0. The van der Waals surface area contributed by atoms with E-state index in [1.165, 1.54) is 16.7 Å². The minimum atomic E-state index is -3.32. The second kappa shape index (κ2) is 11.5. The van der Waals surface area contributed by atoms with Crippen LogP contribution in [-0.2, 0) is 16.1 Å². The molecule has 1 aromatic heterocycles. The number of hydrogen-bond donors (Lipinski definition) is 2. The number of nitrogens with zero attached hydrogens (tertiary/aromatic N) is 4. The lowest BCUT2D eigenvalue weighted by Gasteiger charge is -2.31. The molecular weight excluding hydrogens is 580 g/mol. The number of aromatic nitrogens is 2. The molecule has 0 aliphatic carbocycles. The van der Waals surface area contributed by atoms with Gasteiger partial charge in [-0.2, -0.15) is 8.78 Å².